The van der Waals surface area contributed by atoms with E-state index in [9.17, 15) is 4.79 Å². The van der Waals surface area contributed by atoms with Crippen LogP contribution in [0.5, 0.6) is 0 Å². The molecule has 1 aliphatic heterocycles. The normalized spacial score (nSPS) is 13.5. The Bertz CT molecular complexity index is 724. The first-order chi connectivity index (χ1) is 12.6. The van der Waals surface area contributed by atoms with Crippen molar-refractivity contribution in [1.29, 1.82) is 0 Å². The SMILES string of the molecule is CCCCc1ncc(CN2CCc3[nH]nc(C(=O)NC)c3C2)[nH]1.O=CO. The van der Waals surface area contributed by atoms with Crippen molar-refractivity contribution in [3.8, 4) is 0 Å². The number of H-pyrrole nitrogens is 2. The van der Waals surface area contributed by atoms with E-state index in [-0.39, 0.29) is 12.4 Å². The van der Waals surface area contributed by atoms with Gasteiger partial charge in [-0.25, -0.2) is 4.98 Å². The van der Waals surface area contributed by atoms with E-state index < -0.39 is 0 Å². The fourth-order valence-corrected chi connectivity index (χ4v) is 2.99. The maximum atomic E-state index is 11.9. The molecular formula is C17H26N6O3. The van der Waals surface area contributed by atoms with E-state index in [0.29, 0.717) is 5.69 Å². The van der Waals surface area contributed by atoms with Crippen LogP contribution in [0.15, 0.2) is 6.20 Å². The Balaban J connectivity index is 0.000000758. The van der Waals surface area contributed by atoms with Gasteiger partial charge in [0.1, 0.15) is 5.82 Å². The smallest absolute Gasteiger partial charge is 0.290 e. The quantitative estimate of drug-likeness (QED) is 0.570. The second-order valence-electron chi connectivity index (χ2n) is 6.13. The molecule has 2 aromatic heterocycles. The predicted molar refractivity (Wildman–Crippen MR) is 95.7 cm³/mol. The molecule has 9 nitrogen and oxygen atoms in total. The second-order valence-corrected chi connectivity index (χ2v) is 6.13. The number of hydrogen-bond donors (Lipinski definition) is 4. The van der Waals surface area contributed by atoms with Crippen LogP contribution in [0.25, 0.3) is 0 Å². The maximum absolute atomic E-state index is 11.9. The number of aryl methyl sites for hydroxylation is 1. The van der Waals surface area contributed by atoms with Crippen LogP contribution in [0.2, 0.25) is 0 Å². The lowest BCUT2D eigenvalue weighted by Gasteiger charge is -2.26. The van der Waals surface area contributed by atoms with E-state index in [1.165, 1.54) is 6.42 Å². The number of imidazole rings is 1. The van der Waals surface area contributed by atoms with Gasteiger partial charge in [0.2, 0.25) is 0 Å². The molecule has 0 spiro atoms. The molecule has 0 saturated carbocycles. The molecule has 142 valence electrons. The zero-order valence-corrected chi connectivity index (χ0v) is 15.2. The van der Waals surface area contributed by atoms with Gasteiger partial charge in [0.15, 0.2) is 5.69 Å². The maximum Gasteiger partial charge on any atom is 0.290 e. The summed E-state index contributed by atoms with van der Waals surface area (Å²) in [7, 11) is 1.63. The van der Waals surface area contributed by atoms with Crippen molar-refractivity contribution in [2.45, 2.75) is 45.7 Å². The number of carbonyl (C=O) groups excluding carboxylic acids is 1. The predicted octanol–water partition coefficient (Wildman–Crippen LogP) is 1.09. The summed E-state index contributed by atoms with van der Waals surface area (Å²) in [5.74, 6) is 0.932. The second kappa shape index (κ2) is 9.71. The van der Waals surface area contributed by atoms with Crippen molar-refractivity contribution in [1.82, 2.24) is 30.4 Å². The first-order valence-electron chi connectivity index (χ1n) is 8.74. The average molecular weight is 362 g/mol. The molecule has 2 aromatic rings. The minimum absolute atomic E-state index is 0.132. The molecule has 0 aliphatic carbocycles. The van der Waals surface area contributed by atoms with Crippen LogP contribution in [-0.4, -0.2) is 56.1 Å². The first-order valence-corrected chi connectivity index (χ1v) is 8.74. The summed E-state index contributed by atoms with van der Waals surface area (Å²) in [6.07, 6.45) is 6.15. The third-order valence-corrected chi connectivity index (χ3v) is 4.30. The Labute approximate surface area is 152 Å². The highest BCUT2D eigenvalue weighted by Crippen LogP contribution is 2.21. The van der Waals surface area contributed by atoms with Crippen molar-refractivity contribution in [3.05, 3.63) is 34.7 Å². The van der Waals surface area contributed by atoms with Gasteiger partial charge in [-0.1, -0.05) is 13.3 Å². The van der Waals surface area contributed by atoms with Gasteiger partial charge in [-0.15, -0.1) is 0 Å². The highest BCUT2D eigenvalue weighted by molar-refractivity contribution is 5.93. The molecule has 4 N–H and O–H groups in total. The van der Waals surface area contributed by atoms with Gasteiger partial charge in [-0.3, -0.25) is 19.6 Å². The Morgan fingerprint density at radius 3 is 2.96 bits per heavy atom. The van der Waals surface area contributed by atoms with E-state index >= 15 is 0 Å². The van der Waals surface area contributed by atoms with Crippen LogP contribution in [-0.2, 0) is 30.7 Å². The monoisotopic (exact) mass is 362 g/mol. The number of rotatable bonds is 6. The van der Waals surface area contributed by atoms with Gasteiger partial charge < -0.3 is 15.4 Å². The molecule has 0 saturated heterocycles. The summed E-state index contributed by atoms with van der Waals surface area (Å²) < 4.78 is 0. The van der Waals surface area contributed by atoms with E-state index in [4.69, 9.17) is 9.90 Å². The van der Waals surface area contributed by atoms with Gasteiger partial charge >= 0.3 is 0 Å². The van der Waals surface area contributed by atoms with Crippen LogP contribution in [0.1, 0.15) is 53.0 Å². The van der Waals surface area contributed by atoms with Crippen molar-refractivity contribution < 1.29 is 14.7 Å². The average Bonchev–Trinajstić information content (AvgIpc) is 3.26. The largest absolute Gasteiger partial charge is 0.483 e. The summed E-state index contributed by atoms with van der Waals surface area (Å²) in [5, 5.41) is 16.7. The van der Waals surface area contributed by atoms with Crippen LogP contribution in [0.3, 0.4) is 0 Å². The molecule has 0 unspecified atom stereocenters. The molecule has 0 radical (unpaired) electrons. The van der Waals surface area contributed by atoms with E-state index in [1.54, 1.807) is 7.05 Å². The number of aromatic amines is 2. The van der Waals surface area contributed by atoms with Crippen LogP contribution in [0.4, 0.5) is 0 Å². The van der Waals surface area contributed by atoms with E-state index in [2.05, 4.69) is 37.3 Å². The van der Waals surface area contributed by atoms with E-state index in [1.807, 2.05) is 6.20 Å². The Kier molecular flexibility index (Phi) is 7.34. The third kappa shape index (κ3) is 4.92. The van der Waals surface area contributed by atoms with Crippen molar-refractivity contribution in [3.63, 3.8) is 0 Å². The van der Waals surface area contributed by atoms with Crippen LogP contribution >= 0.6 is 0 Å². The molecule has 3 rings (SSSR count). The minimum Gasteiger partial charge on any atom is -0.483 e. The minimum atomic E-state index is -0.250. The number of fused-ring (bicyclic) bond motifs is 1. The number of carbonyl (C=O) groups is 2. The summed E-state index contributed by atoms with van der Waals surface area (Å²) in [6.45, 7) is 4.44. The number of unbranched alkanes of at least 4 members (excludes halogenated alkanes) is 1. The molecule has 0 fully saturated rings. The topological polar surface area (TPSA) is 127 Å². The highest BCUT2D eigenvalue weighted by Gasteiger charge is 2.25. The molecule has 0 bridgehead atoms. The zero-order valence-electron chi connectivity index (χ0n) is 15.2. The molecule has 0 aromatic carbocycles. The summed E-state index contributed by atoms with van der Waals surface area (Å²) in [5.41, 5.74) is 3.74. The van der Waals surface area contributed by atoms with Crippen molar-refractivity contribution >= 4 is 12.4 Å². The molecule has 9 heteroatoms. The number of nitrogens with one attached hydrogen (secondary N) is 3. The Hall–Kier alpha value is -2.68. The summed E-state index contributed by atoms with van der Waals surface area (Å²) in [6, 6.07) is 0. The van der Waals surface area contributed by atoms with Gasteiger partial charge in [0.05, 0.1) is 0 Å². The van der Waals surface area contributed by atoms with Gasteiger partial charge in [-0.2, -0.15) is 5.10 Å². The van der Waals surface area contributed by atoms with Crippen LogP contribution < -0.4 is 5.32 Å². The summed E-state index contributed by atoms with van der Waals surface area (Å²) in [4.78, 5) is 30.4. The number of carboxylic acid groups (broad SMARTS) is 1. The van der Waals surface area contributed by atoms with Crippen molar-refractivity contribution in [2.75, 3.05) is 13.6 Å². The van der Waals surface area contributed by atoms with E-state index in [0.717, 1.165) is 61.7 Å². The molecular weight excluding hydrogens is 336 g/mol. The third-order valence-electron chi connectivity index (χ3n) is 4.30. The Morgan fingerprint density at radius 1 is 1.50 bits per heavy atom. The molecule has 1 aliphatic rings. The number of hydrogen-bond acceptors (Lipinski definition) is 5. The lowest BCUT2D eigenvalue weighted by Crippen LogP contribution is -2.31. The fourth-order valence-electron chi connectivity index (χ4n) is 2.99. The van der Waals surface area contributed by atoms with Gasteiger partial charge in [0.25, 0.3) is 12.4 Å². The van der Waals surface area contributed by atoms with Crippen LogP contribution in [0, 0.1) is 0 Å². The number of aromatic nitrogens is 4. The standard InChI is InChI=1S/C16H24N6O.CH2O2/c1-3-4-5-14-18-8-11(19-14)9-22-7-6-13-12(10-22)15(21-20-13)16(23)17-2;2-1-3/h8H,3-7,9-10H2,1-2H3,(H,17,23)(H,18,19)(H,20,21);1H,(H,2,3). The highest BCUT2D eigenvalue weighted by atomic mass is 16.3. The fraction of sp³-hybridized carbons (Fsp3) is 0.529. The number of nitrogens with zero attached hydrogens (tertiary/aromatic N) is 3. The van der Waals surface area contributed by atoms with Crippen molar-refractivity contribution in [2.24, 2.45) is 0 Å². The van der Waals surface area contributed by atoms with Gasteiger partial charge in [-0.05, 0) is 6.42 Å². The first kappa shape index (κ1) is 19.6. The van der Waals surface area contributed by atoms with Gasteiger partial charge in [0, 0.05) is 62.7 Å². The molecule has 0 atom stereocenters. The molecule has 3 heterocycles. The Morgan fingerprint density at radius 2 is 2.27 bits per heavy atom. The molecule has 26 heavy (non-hydrogen) atoms. The number of amides is 1. The zero-order chi connectivity index (χ0) is 18.9. The lowest BCUT2D eigenvalue weighted by molar-refractivity contribution is -0.122. The molecule has 1 amide bonds. The lowest BCUT2D eigenvalue weighted by atomic mass is 10.0. The summed E-state index contributed by atoms with van der Waals surface area (Å²) >= 11 is 0.